The number of amidine groups is 1. The van der Waals surface area contributed by atoms with Gasteiger partial charge in [-0.25, -0.2) is 0 Å². The first-order chi connectivity index (χ1) is 8.34. The number of benzene rings is 1. The van der Waals surface area contributed by atoms with Crippen LogP contribution in [0.3, 0.4) is 0 Å². The molecule has 0 spiro atoms. The third kappa shape index (κ3) is 1.88. The van der Waals surface area contributed by atoms with Crippen molar-refractivity contribution < 1.29 is 0 Å². The van der Waals surface area contributed by atoms with E-state index < -0.39 is 0 Å². The van der Waals surface area contributed by atoms with E-state index in [1.807, 2.05) is 24.4 Å². The minimum absolute atomic E-state index is 0.923. The van der Waals surface area contributed by atoms with Crippen LogP contribution in [0.2, 0.25) is 0 Å². The number of aliphatic imine (C=N–C) groups is 1. The number of aromatic nitrogens is 1. The van der Waals surface area contributed by atoms with Crippen molar-refractivity contribution >= 4 is 16.7 Å². The van der Waals surface area contributed by atoms with Crippen LogP contribution < -0.4 is 0 Å². The topological polar surface area (TPSA) is 28.5 Å². The molecule has 0 bridgehead atoms. The molecule has 86 valence electrons. The zero-order valence-corrected chi connectivity index (χ0v) is 9.93. The highest BCUT2D eigenvalue weighted by molar-refractivity contribution is 6.01. The smallest absolute Gasteiger partial charge is 0.132 e. The molecule has 17 heavy (non-hydrogen) atoms. The summed E-state index contributed by atoms with van der Waals surface area (Å²) >= 11 is 0. The van der Waals surface area contributed by atoms with E-state index in [1.54, 1.807) is 0 Å². The van der Waals surface area contributed by atoms with E-state index in [2.05, 4.69) is 34.1 Å². The second-order valence-corrected chi connectivity index (χ2v) is 4.40. The first-order valence-corrected chi connectivity index (χ1v) is 5.95. The Balaban J connectivity index is 2.08. The van der Waals surface area contributed by atoms with Gasteiger partial charge in [-0.2, -0.15) is 0 Å². The van der Waals surface area contributed by atoms with E-state index in [-0.39, 0.29) is 0 Å². The van der Waals surface area contributed by atoms with Gasteiger partial charge in [-0.05, 0) is 18.6 Å². The minimum Gasteiger partial charge on any atom is -0.359 e. The van der Waals surface area contributed by atoms with E-state index in [4.69, 9.17) is 0 Å². The van der Waals surface area contributed by atoms with Gasteiger partial charge in [-0.15, -0.1) is 0 Å². The number of fused-ring (bicyclic) bond motifs is 1. The van der Waals surface area contributed by atoms with Gasteiger partial charge in [0, 0.05) is 37.3 Å². The Morgan fingerprint density at radius 3 is 3.00 bits per heavy atom. The summed E-state index contributed by atoms with van der Waals surface area (Å²) in [6, 6.07) is 10.4. The number of rotatable bonds is 1. The fourth-order valence-electron chi connectivity index (χ4n) is 2.22. The van der Waals surface area contributed by atoms with Crippen molar-refractivity contribution in [3.8, 4) is 0 Å². The summed E-state index contributed by atoms with van der Waals surface area (Å²) in [5.41, 5.74) is 2.15. The van der Waals surface area contributed by atoms with Gasteiger partial charge in [0.2, 0.25) is 0 Å². The quantitative estimate of drug-likeness (QED) is 0.745. The van der Waals surface area contributed by atoms with Crippen LogP contribution in [-0.4, -0.2) is 35.9 Å². The highest BCUT2D eigenvalue weighted by Crippen LogP contribution is 2.15. The molecule has 0 atom stereocenters. The maximum absolute atomic E-state index is 4.59. The van der Waals surface area contributed by atoms with Crippen molar-refractivity contribution in [2.45, 2.75) is 6.42 Å². The van der Waals surface area contributed by atoms with E-state index >= 15 is 0 Å². The molecule has 2 heterocycles. The molecule has 1 aromatic heterocycles. The molecular weight excluding hydrogens is 210 g/mol. The molecule has 1 aliphatic heterocycles. The first kappa shape index (κ1) is 10.3. The third-order valence-electron chi connectivity index (χ3n) is 3.12. The van der Waals surface area contributed by atoms with Gasteiger partial charge in [0.25, 0.3) is 0 Å². The lowest BCUT2D eigenvalue weighted by molar-refractivity contribution is 0.468. The molecule has 0 N–H and O–H groups in total. The second-order valence-electron chi connectivity index (χ2n) is 4.40. The summed E-state index contributed by atoms with van der Waals surface area (Å²) in [5.74, 6) is 1.06. The van der Waals surface area contributed by atoms with E-state index in [0.717, 1.165) is 36.4 Å². The molecule has 2 aromatic rings. The molecule has 3 nitrogen and oxygen atoms in total. The predicted molar refractivity (Wildman–Crippen MR) is 70.4 cm³/mol. The minimum atomic E-state index is 0.923. The van der Waals surface area contributed by atoms with Gasteiger partial charge in [-0.1, -0.05) is 18.2 Å². The van der Waals surface area contributed by atoms with E-state index in [1.165, 1.54) is 5.39 Å². The van der Waals surface area contributed by atoms with Crippen molar-refractivity contribution in [1.82, 2.24) is 9.88 Å². The molecule has 0 unspecified atom stereocenters. The van der Waals surface area contributed by atoms with Crippen molar-refractivity contribution in [3.63, 3.8) is 0 Å². The Hall–Kier alpha value is -1.90. The Bertz CT molecular complexity index is 574. The average Bonchev–Trinajstić information content (AvgIpc) is 2.39. The average molecular weight is 225 g/mol. The zero-order valence-electron chi connectivity index (χ0n) is 9.93. The third-order valence-corrected chi connectivity index (χ3v) is 3.12. The number of nitrogens with zero attached hydrogens (tertiary/aromatic N) is 3. The molecule has 1 aromatic carbocycles. The molecule has 3 rings (SSSR count). The van der Waals surface area contributed by atoms with Crippen LogP contribution in [0.25, 0.3) is 10.9 Å². The molecule has 0 saturated heterocycles. The summed E-state index contributed by atoms with van der Waals surface area (Å²) in [6.07, 6.45) is 3.06. The van der Waals surface area contributed by atoms with Crippen LogP contribution in [0.5, 0.6) is 0 Å². The van der Waals surface area contributed by atoms with Gasteiger partial charge in [0.1, 0.15) is 5.84 Å². The summed E-state index contributed by atoms with van der Waals surface area (Å²) < 4.78 is 0. The summed E-state index contributed by atoms with van der Waals surface area (Å²) in [5, 5.41) is 1.17. The monoisotopic (exact) mass is 225 g/mol. The Morgan fingerprint density at radius 1 is 1.24 bits per heavy atom. The Labute approximate surface area is 101 Å². The van der Waals surface area contributed by atoms with Crippen molar-refractivity contribution in [2.24, 2.45) is 4.99 Å². The molecule has 3 heteroatoms. The number of hydrogen-bond donors (Lipinski definition) is 0. The first-order valence-electron chi connectivity index (χ1n) is 5.95. The van der Waals surface area contributed by atoms with Crippen molar-refractivity contribution in [2.75, 3.05) is 20.1 Å². The summed E-state index contributed by atoms with van der Waals surface area (Å²) in [7, 11) is 2.09. The molecule has 0 saturated carbocycles. The summed E-state index contributed by atoms with van der Waals surface area (Å²) in [4.78, 5) is 11.3. The Kier molecular flexibility index (Phi) is 2.52. The zero-order chi connectivity index (χ0) is 11.7. The van der Waals surface area contributed by atoms with Crippen molar-refractivity contribution in [3.05, 3.63) is 42.1 Å². The highest BCUT2D eigenvalue weighted by atomic mass is 15.2. The van der Waals surface area contributed by atoms with Gasteiger partial charge in [0.15, 0.2) is 0 Å². The largest absolute Gasteiger partial charge is 0.359 e. The SMILES string of the molecule is CN1CCCN=C1c1cnc2ccccc2c1. The van der Waals surface area contributed by atoms with Crippen molar-refractivity contribution in [1.29, 1.82) is 0 Å². The van der Waals surface area contributed by atoms with Gasteiger partial charge in [-0.3, -0.25) is 9.98 Å². The van der Waals surface area contributed by atoms with E-state index in [0.29, 0.717) is 0 Å². The number of para-hydroxylation sites is 1. The second kappa shape index (κ2) is 4.17. The number of pyridine rings is 1. The molecule has 1 aliphatic rings. The predicted octanol–water partition coefficient (Wildman–Crippen LogP) is 2.32. The standard InChI is InChI=1S/C14H15N3/c1-17-8-4-7-15-14(17)12-9-11-5-2-3-6-13(11)16-10-12/h2-3,5-6,9-10H,4,7-8H2,1H3. The maximum Gasteiger partial charge on any atom is 0.132 e. The maximum atomic E-state index is 4.59. The molecule has 0 amide bonds. The fourth-order valence-corrected chi connectivity index (χ4v) is 2.22. The summed E-state index contributed by atoms with van der Waals surface area (Å²) in [6.45, 7) is 2.00. The Morgan fingerprint density at radius 2 is 2.12 bits per heavy atom. The van der Waals surface area contributed by atoms with Gasteiger partial charge >= 0.3 is 0 Å². The van der Waals surface area contributed by atoms with Crippen LogP contribution in [0, 0.1) is 0 Å². The molecule has 0 fully saturated rings. The highest BCUT2D eigenvalue weighted by Gasteiger charge is 2.13. The van der Waals surface area contributed by atoms with Crippen LogP contribution >= 0.6 is 0 Å². The lowest BCUT2D eigenvalue weighted by atomic mass is 10.1. The number of hydrogen-bond acceptors (Lipinski definition) is 3. The fraction of sp³-hybridized carbons (Fsp3) is 0.286. The van der Waals surface area contributed by atoms with Crippen LogP contribution in [0.4, 0.5) is 0 Å². The van der Waals surface area contributed by atoms with Gasteiger partial charge < -0.3 is 4.90 Å². The van der Waals surface area contributed by atoms with Crippen LogP contribution in [0.15, 0.2) is 41.5 Å². The molecule has 0 radical (unpaired) electrons. The van der Waals surface area contributed by atoms with E-state index in [9.17, 15) is 0 Å². The normalized spacial score (nSPS) is 16.1. The van der Waals surface area contributed by atoms with Gasteiger partial charge in [0.05, 0.1) is 5.52 Å². The lowest BCUT2D eigenvalue weighted by Crippen LogP contribution is -2.32. The van der Waals surface area contributed by atoms with Crippen LogP contribution in [-0.2, 0) is 0 Å². The lowest BCUT2D eigenvalue weighted by Gasteiger charge is -2.25. The molecular formula is C14H15N3. The van der Waals surface area contributed by atoms with Crippen LogP contribution in [0.1, 0.15) is 12.0 Å². The molecule has 0 aliphatic carbocycles.